The van der Waals surface area contributed by atoms with Crippen molar-refractivity contribution in [1.29, 1.82) is 0 Å². The average molecular weight is 410 g/mol. The van der Waals surface area contributed by atoms with E-state index >= 15 is 0 Å². The SMILES string of the molecule is Cc1ccc(C)c(N2C(=O)S/C(=C/c3ccc(-c4cccc(Cl)c4)o3)C2=O)c1. The predicted octanol–water partition coefficient (Wildman–Crippen LogP) is 6.46. The maximum Gasteiger partial charge on any atom is 0.298 e. The van der Waals surface area contributed by atoms with Gasteiger partial charge in [-0.1, -0.05) is 35.9 Å². The lowest BCUT2D eigenvalue weighted by Gasteiger charge is -2.15. The van der Waals surface area contributed by atoms with E-state index in [2.05, 4.69) is 0 Å². The highest BCUT2D eigenvalue weighted by Crippen LogP contribution is 2.38. The standard InChI is InChI=1S/C22H16ClNO3S/c1-13-6-7-14(2)18(10-13)24-21(25)20(28-22(24)26)12-17-8-9-19(27-17)15-4-3-5-16(23)11-15/h3-12H,1-2H3/b20-12+. The Morgan fingerprint density at radius 3 is 2.64 bits per heavy atom. The summed E-state index contributed by atoms with van der Waals surface area (Å²) in [4.78, 5) is 26.9. The number of carbonyl (C=O) groups is 2. The third kappa shape index (κ3) is 3.51. The molecule has 1 saturated heterocycles. The first-order valence-corrected chi connectivity index (χ1v) is 9.83. The van der Waals surface area contributed by atoms with E-state index in [9.17, 15) is 9.59 Å². The number of hydrogen-bond acceptors (Lipinski definition) is 4. The molecule has 1 fully saturated rings. The molecule has 0 atom stereocenters. The van der Waals surface area contributed by atoms with Gasteiger partial charge >= 0.3 is 0 Å². The molecule has 6 heteroatoms. The Labute approximate surface area is 171 Å². The van der Waals surface area contributed by atoms with Crippen LogP contribution in [-0.4, -0.2) is 11.1 Å². The smallest absolute Gasteiger partial charge is 0.298 e. The second kappa shape index (κ2) is 7.34. The topological polar surface area (TPSA) is 50.5 Å². The predicted molar refractivity (Wildman–Crippen MR) is 114 cm³/mol. The van der Waals surface area contributed by atoms with Crippen LogP contribution in [0.1, 0.15) is 16.9 Å². The molecular weight excluding hydrogens is 394 g/mol. The highest BCUT2D eigenvalue weighted by Gasteiger charge is 2.37. The van der Waals surface area contributed by atoms with Crippen molar-refractivity contribution in [2.24, 2.45) is 0 Å². The summed E-state index contributed by atoms with van der Waals surface area (Å²) in [5, 5.41) is 0.302. The normalized spacial score (nSPS) is 15.7. The molecule has 2 amide bonds. The number of anilines is 1. The van der Waals surface area contributed by atoms with Gasteiger partial charge in [-0.3, -0.25) is 9.59 Å². The summed E-state index contributed by atoms with van der Waals surface area (Å²) in [5.41, 5.74) is 3.32. The number of nitrogens with zero attached hydrogens (tertiary/aromatic N) is 1. The van der Waals surface area contributed by atoms with E-state index in [1.165, 1.54) is 4.90 Å². The van der Waals surface area contributed by atoms with Gasteiger partial charge < -0.3 is 4.42 Å². The summed E-state index contributed by atoms with van der Waals surface area (Å²) in [6.45, 7) is 3.81. The first-order chi connectivity index (χ1) is 13.4. The van der Waals surface area contributed by atoms with Crippen molar-refractivity contribution < 1.29 is 14.0 Å². The van der Waals surface area contributed by atoms with Gasteiger partial charge in [-0.15, -0.1) is 0 Å². The molecule has 4 nitrogen and oxygen atoms in total. The monoisotopic (exact) mass is 409 g/mol. The lowest BCUT2D eigenvalue weighted by molar-refractivity contribution is -0.113. The summed E-state index contributed by atoms with van der Waals surface area (Å²) < 4.78 is 5.82. The Balaban J connectivity index is 1.64. The van der Waals surface area contributed by atoms with Gasteiger partial charge in [0.05, 0.1) is 10.6 Å². The number of carbonyl (C=O) groups excluding carboxylic acids is 2. The Morgan fingerprint density at radius 2 is 1.86 bits per heavy atom. The molecule has 2 heterocycles. The molecule has 0 saturated carbocycles. The van der Waals surface area contributed by atoms with E-state index in [0.29, 0.717) is 27.1 Å². The van der Waals surface area contributed by atoms with Gasteiger partial charge in [0, 0.05) is 16.7 Å². The molecule has 1 aromatic heterocycles. The van der Waals surface area contributed by atoms with E-state index in [0.717, 1.165) is 28.5 Å². The van der Waals surface area contributed by atoms with Crippen molar-refractivity contribution in [3.05, 3.63) is 81.4 Å². The molecule has 3 aromatic rings. The van der Waals surface area contributed by atoms with Gasteiger partial charge in [-0.05, 0) is 67.1 Å². The number of aryl methyl sites for hydroxylation is 2. The van der Waals surface area contributed by atoms with Crippen molar-refractivity contribution in [2.45, 2.75) is 13.8 Å². The molecule has 0 unspecified atom stereocenters. The number of furan rings is 1. The number of benzene rings is 2. The molecular formula is C22H16ClNO3S. The van der Waals surface area contributed by atoms with E-state index in [-0.39, 0.29) is 11.1 Å². The van der Waals surface area contributed by atoms with Crippen molar-refractivity contribution in [3.8, 4) is 11.3 Å². The van der Waals surface area contributed by atoms with Gasteiger partial charge in [-0.2, -0.15) is 0 Å². The molecule has 0 N–H and O–H groups in total. The summed E-state index contributed by atoms with van der Waals surface area (Å²) >= 11 is 6.94. The van der Waals surface area contributed by atoms with Gasteiger partial charge in [-0.25, -0.2) is 4.90 Å². The quantitative estimate of drug-likeness (QED) is 0.466. The van der Waals surface area contributed by atoms with Crippen LogP contribution < -0.4 is 4.90 Å². The number of halogens is 1. The second-order valence-electron chi connectivity index (χ2n) is 6.52. The lowest BCUT2D eigenvalue weighted by Crippen LogP contribution is -2.28. The van der Waals surface area contributed by atoms with Crippen LogP contribution in [0.2, 0.25) is 5.02 Å². The zero-order valence-electron chi connectivity index (χ0n) is 15.2. The first-order valence-electron chi connectivity index (χ1n) is 8.63. The second-order valence-corrected chi connectivity index (χ2v) is 7.95. The molecule has 28 heavy (non-hydrogen) atoms. The fourth-order valence-corrected chi connectivity index (χ4v) is 4.00. The summed E-state index contributed by atoms with van der Waals surface area (Å²) in [7, 11) is 0. The van der Waals surface area contributed by atoms with Crippen LogP contribution in [-0.2, 0) is 4.79 Å². The van der Waals surface area contributed by atoms with E-state index in [4.69, 9.17) is 16.0 Å². The number of imide groups is 1. The van der Waals surface area contributed by atoms with Gasteiger partial charge in [0.2, 0.25) is 0 Å². The van der Waals surface area contributed by atoms with Gasteiger partial charge in [0.1, 0.15) is 11.5 Å². The fourth-order valence-electron chi connectivity index (χ4n) is 2.99. The Kier molecular flexibility index (Phi) is 4.87. The lowest BCUT2D eigenvalue weighted by atomic mass is 10.1. The minimum absolute atomic E-state index is 0.313. The maximum atomic E-state index is 12.9. The molecule has 1 aliphatic rings. The van der Waals surface area contributed by atoms with Gasteiger partial charge in [0.25, 0.3) is 11.1 Å². The molecule has 2 aromatic carbocycles. The molecule has 1 aliphatic heterocycles. The Bertz CT molecular complexity index is 1130. The van der Waals surface area contributed by atoms with Crippen molar-refractivity contribution in [3.63, 3.8) is 0 Å². The third-order valence-corrected chi connectivity index (χ3v) is 5.51. The molecule has 0 spiro atoms. The average Bonchev–Trinajstić information content (AvgIpc) is 3.23. The third-order valence-electron chi connectivity index (χ3n) is 4.41. The van der Waals surface area contributed by atoms with Crippen LogP contribution in [0.15, 0.2) is 63.9 Å². The van der Waals surface area contributed by atoms with Crippen molar-refractivity contribution in [2.75, 3.05) is 4.90 Å². The molecule has 0 aliphatic carbocycles. The van der Waals surface area contributed by atoms with Crippen LogP contribution in [0.25, 0.3) is 17.4 Å². The number of thioether (sulfide) groups is 1. The molecule has 140 valence electrons. The van der Waals surface area contributed by atoms with Crippen LogP contribution in [0.5, 0.6) is 0 Å². The zero-order valence-corrected chi connectivity index (χ0v) is 16.8. The van der Waals surface area contributed by atoms with Crippen LogP contribution in [0, 0.1) is 13.8 Å². The van der Waals surface area contributed by atoms with E-state index in [1.54, 1.807) is 24.3 Å². The van der Waals surface area contributed by atoms with Crippen LogP contribution in [0.3, 0.4) is 0 Å². The summed E-state index contributed by atoms with van der Waals surface area (Å²) in [5.74, 6) is 0.799. The van der Waals surface area contributed by atoms with E-state index in [1.807, 2.05) is 50.2 Å². The number of amides is 2. The van der Waals surface area contributed by atoms with Crippen molar-refractivity contribution in [1.82, 2.24) is 0 Å². The first kappa shape index (κ1) is 18.6. The highest BCUT2D eigenvalue weighted by molar-refractivity contribution is 8.19. The molecule has 4 rings (SSSR count). The summed E-state index contributed by atoms with van der Waals surface area (Å²) in [6.07, 6.45) is 1.60. The van der Waals surface area contributed by atoms with E-state index < -0.39 is 0 Å². The van der Waals surface area contributed by atoms with Gasteiger partial charge in [0.15, 0.2) is 0 Å². The van der Waals surface area contributed by atoms with Crippen LogP contribution in [0.4, 0.5) is 10.5 Å². The molecule has 0 radical (unpaired) electrons. The summed E-state index contributed by atoms with van der Waals surface area (Å²) in [6, 6.07) is 16.6. The van der Waals surface area contributed by atoms with Crippen molar-refractivity contribution >= 4 is 46.3 Å². The number of hydrogen-bond donors (Lipinski definition) is 0. The maximum absolute atomic E-state index is 12.9. The largest absolute Gasteiger partial charge is 0.457 e. The minimum atomic E-state index is -0.343. The Morgan fingerprint density at radius 1 is 1.04 bits per heavy atom. The minimum Gasteiger partial charge on any atom is -0.457 e. The highest BCUT2D eigenvalue weighted by atomic mass is 35.5. The Hall–Kier alpha value is -2.76. The number of rotatable bonds is 3. The molecule has 0 bridgehead atoms. The zero-order chi connectivity index (χ0) is 19.8. The fraction of sp³-hybridized carbons (Fsp3) is 0.0909. The van der Waals surface area contributed by atoms with Crippen LogP contribution >= 0.6 is 23.4 Å².